The summed E-state index contributed by atoms with van der Waals surface area (Å²) in [6.07, 6.45) is 1.41. The summed E-state index contributed by atoms with van der Waals surface area (Å²) >= 11 is 5.78. The van der Waals surface area contributed by atoms with Crippen LogP contribution in [0.4, 0.5) is 5.69 Å². The summed E-state index contributed by atoms with van der Waals surface area (Å²) in [4.78, 5) is 12.1. The number of aromatic hydroxyl groups is 1. The highest BCUT2D eigenvalue weighted by Gasteiger charge is 2.10. The Hall–Kier alpha value is -2.97. The number of benzene rings is 2. The average Bonchev–Trinajstić information content (AvgIpc) is 2.56. The monoisotopic (exact) mass is 328 g/mol. The van der Waals surface area contributed by atoms with Crippen molar-refractivity contribution in [1.82, 2.24) is 0 Å². The molecule has 2 rings (SSSR count). The van der Waals surface area contributed by atoms with Crippen LogP contribution in [0.1, 0.15) is 5.56 Å². The van der Waals surface area contributed by atoms with E-state index in [1.165, 1.54) is 25.3 Å². The van der Waals surface area contributed by atoms with Crippen LogP contribution in [0.3, 0.4) is 0 Å². The highest BCUT2D eigenvalue weighted by molar-refractivity contribution is 6.30. The van der Waals surface area contributed by atoms with Crippen LogP contribution < -0.4 is 10.1 Å². The Morgan fingerprint density at radius 3 is 2.61 bits per heavy atom. The number of hydrogen-bond acceptors (Lipinski definition) is 4. The average molecular weight is 329 g/mol. The number of halogens is 1. The molecule has 2 aromatic rings. The van der Waals surface area contributed by atoms with E-state index >= 15 is 0 Å². The number of rotatable bonds is 4. The molecule has 0 unspecified atom stereocenters. The van der Waals surface area contributed by atoms with Gasteiger partial charge in [0.1, 0.15) is 11.6 Å². The molecule has 0 saturated carbocycles. The molecule has 0 heterocycles. The maximum atomic E-state index is 12.1. The van der Waals surface area contributed by atoms with E-state index in [0.717, 1.165) is 0 Å². The van der Waals surface area contributed by atoms with E-state index < -0.39 is 5.91 Å². The van der Waals surface area contributed by atoms with Crippen molar-refractivity contribution in [2.75, 3.05) is 12.4 Å². The van der Waals surface area contributed by atoms with Crippen molar-refractivity contribution < 1.29 is 14.6 Å². The normalized spacial score (nSPS) is 10.7. The van der Waals surface area contributed by atoms with Gasteiger partial charge in [-0.2, -0.15) is 5.26 Å². The second-order valence-electron chi connectivity index (χ2n) is 4.56. The fourth-order valence-electron chi connectivity index (χ4n) is 1.83. The number of carbonyl (C=O) groups excluding carboxylic acids is 1. The van der Waals surface area contributed by atoms with Crippen molar-refractivity contribution in [1.29, 1.82) is 5.26 Å². The van der Waals surface area contributed by atoms with Gasteiger partial charge in [0.15, 0.2) is 11.5 Å². The van der Waals surface area contributed by atoms with Gasteiger partial charge in [0, 0.05) is 10.7 Å². The zero-order chi connectivity index (χ0) is 16.8. The maximum absolute atomic E-state index is 12.1. The summed E-state index contributed by atoms with van der Waals surface area (Å²) in [6, 6.07) is 12.9. The Labute approximate surface area is 138 Å². The number of nitriles is 1. The minimum Gasteiger partial charge on any atom is -0.504 e. The first-order valence-corrected chi connectivity index (χ1v) is 6.97. The molecule has 0 spiro atoms. The van der Waals surface area contributed by atoms with Crippen molar-refractivity contribution in [2.24, 2.45) is 0 Å². The van der Waals surface area contributed by atoms with Crippen LogP contribution in [0.15, 0.2) is 48.0 Å². The predicted molar refractivity (Wildman–Crippen MR) is 88.3 cm³/mol. The number of nitrogens with one attached hydrogen (secondary N) is 1. The van der Waals surface area contributed by atoms with E-state index in [4.69, 9.17) is 16.3 Å². The molecule has 2 N–H and O–H groups in total. The molecule has 0 fully saturated rings. The van der Waals surface area contributed by atoms with Gasteiger partial charge in [-0.25, -0.2) is 0 Å². The van der Waals surface area contributed by atoms with Crippen LogP contribution in [0.2, 0.25) is 5.02 Å². The highest BCUT2D eigenvalue weighted by Crippen LogP contribution is 2.27. The molecule has 0 aliphatic carbocycles. The first-order chi connectivity index (χ1) is 11.0. The third-order valence-corrected chi connectivity index (χ3v) is 3.23. The van der Waals surface area contributed by atoms with Gasteiger partial charge in [-0.15, -0.1) is 0 Å². The molecule has 0 saturated heterocycles. The zero-order valence-electron chi connectivity index (χ0n) is 12.2. The van der Waals surface area contributed by atoms with Crippen molar-refractivity contribution in [3.63, 3.8) is 0 Å². The Balaban J connectivity index is 2.23. The van der Waals surface area contributed by atoms with E-state index in [0.29, 0.717) is 16.3 Å². The highest BCUT2D eigenvalue weighted by atomic mass is 35.5. The fourth-order valence-corrected chi connectivity index (χ4v) is 1.96. The molecule has 23 heavy (non-hydrogen) atoms. The lowest BCUT2D eigenvalue weighted by Gasteiger charge is -2.06. The van der Waals surface area contributed by atoms with Gasteiger partial charge < -0.3 is 15.2 Å². The Bertz CT molecular complexity index is 792. The van der Waals surface area contributed by atoms with Gasteiger partial charge in [-0.3, -0.25) is 4.79 Å². The van der Waals surface area contributed by atoms with Crippen LogP contribution in [0, 0.1) is 11.3 Å². The van der Waals surface area contributed by atoms with Crippen molar-refractivity contribution in [2.45, 2.75) is 0 Å². The third kappa shape index (κ3) is 4.25. The smallest absolute Gasteiger partial charge is 0.266 e. The van der Waals surface area contributed by atoms with Gasteiger partial charge in [0.2, 0.25) is 0 Å². The minimum absolute atomic E-state index is 0.0197. The quantitative estimate of drug-likeness (QED) is 0.663. The van der Waals surface area contributed by atoms with Gasteiger partial charge in [-0.05, 0) is 48.0 Å². The van der Waals surface area contributed by atoms with Crippen LogP contribution in [0.5, 0.6) is 11.5 Å². The van der Waals surface area contributed by atoms with Gasteiger partial charge >= 0.3 is 0 Å². The lowest BCUT2D eigenvalue weighted by molar-refractivity contribution is -0.112. The van der Waals surface area contributed by atoms with Crippen LogP contribution >= 0.6 is 11.6 Å². The van der Waals surface area contributed by atoms with Crippen LogP contribution in [0.25, 0.3) is 6.08 Å². The number of ether oxygens (including phenoxy) is 1. The van der Waals surface area contributed by atoms with Crippen molar-refractivity contribution >= 4 is 29.3 Å². The number of phenolic OH excluding ortho intramolecular Hbond substituents is 1. The van der Waals surface area contributed by atoms with Gasteiger partial charge in [0.25, 0.3) is 5.91 Å². The summed E-state index contributed by atoms with van der Waals surface area (Å²) in [5, 5.41) is 21.9. The van der Waals surface area contributed by atoms with Gasteiger partial charge in [0.05, 0.1) is 7.11 Å². The fraction of sp³-hybridized carbons (Fsp3) is 0.0588. The summed E-state index contributed by atoms with van der Waals surface area (Å²) < 4.78 is 4.99. The van der Waals surface area contributed by atoms with Crippen molar-refractivity contribution in [3.8, 4) is 17.6 Å². The number of hydrogen-bond donors (Lipinski definition) is 2. The lowest BCUT2D eigenvalue weighted by atomic mass is 10.1. The molecule has 1 amide bonds. The number of anilines is 1. The topological polar surface area (TPSA) is 82.3 Å². The van der Waals surface area contributed by atoms with Gasteiger partial charge in [-0.1, -0.05) is 17.7 Å². The molecule has 0 bridgehead atoms. The van der Waals surface area contributed by atoms with E-state index in [1.807, 2.05) is 6.07 Å². The maximum Gasteiger partial charge on any atom is 0.266 e. The number of amides is 1. The molecule has 0 atom stereocenters. The van der Waals surface area contributed by atoms with Crippen LogP contribution in [-0.2, 0) is 4.79 Å². The number of phenols is 1. The Morgan fingerprint density at radius 1 is 1.30 bits per heavy atom. The molecule has 6 heteroatoms. The number of nitrogens with zero attached hydrogens (tertiary/aromatic N) is 1. The first-order valence-electron chi connectivity index (χ1n) is 6.59. The molecule has 116 valence electrons. The molecule has 0 aromatic heterocycles. The summed E-state index contributed by atoms with van der Waals surface area (Å²) in [6.45, 7) is 0. The number of methoxy groups -OCH3 is 1. The van der Waals surface area contributed by atoms with Crippen molar-refractivity contribution in [3.05, 3.63) is 58.6 Å². The Kier molecular flexibility index (Phi) is 5.23. The second-order valence-corrected chi connectivity index (χ2v) is 5.00. The molecular weight excluding hydrogens is 316 g/mol. The second kappa shape index (κ2) is 7.34. The van der Waals surface area contributed by atoms with E-state index in [-0.39, 0.29) is 17.1 Å². The van der Waals surface area contributed by atoms with E-state index in [2.05, 4.69) is 5.32 Å². The largest absolute Gasteiger partial charge is 0.504 e. The standard InChI is InChI=1S/C17H13ClN2O3/c1-23-16-9-11(2-7-15(16)21)8-12(10-19)17(22)20-14-5-3-13(18)4-6-14/h2-9,21H,1H3,(H,20,22)/b12-8+. The lowest BCUT2D eigenvalue weighted by Crippen LogP contribution is -2.13. The summed E-state index contributed by atoms with van der Waals surface area (Å²) in [5.41, 5.74) is 1.01. The molecule has 0 radical (unpaired) electrons. The summed E-state index contributed by atoms with van der Waals surface area (Å²) in [7, 11) is 1.42. The third-order valence-electron chi connectivity index (χ3n) is 2.98. The van der Waals surface area contributed by atoms with E-state index in [9.17, 15) is 15.2 Å². The molecule has 2 aromatic carbocycles. The first kappa shape index (κ1) is 16.4. The zero-order valence-corrected chi connectivity index (χ0v) is 13.0. The SMILES string of the molecule is COc1cc(/C=C(\C#N)C(=O)Nc2ccc(Cl)cc2)ccc1O. The Morgan fingerprint density at radius 2 is 2.00 bits per heavy atom. The summed E-state index contributed by atoms with van der Waals surface area (Å²) in [5.74, 6) is -0.301. The predicted octanol–water partition coefficient (Wildman–Crippen LogP) is 3.60. The minimum atomic E-state index is -0.540. The molecular formula is C17H13ClN2O3. The van der Waals surface area contributed by atoms with E-state index in [1.54, 1.807) is 30.3 Å². The molecule has 0 aliphatic heterocycles. The molecule has 5 nitrogen and oxygen atoms in total. The molecule has 0 aliphatic rings. The number of carbonyl (C=O) groups is 1. The van der Waals surface area contributed by atoms with Crippen LogP contribution in [-0.4, -0.2) is 18.1 Å².